The van der Waals surface area contributed by atoms with Crippen LogP contribution >= 0.6 is 27.3 Å². The van der Waals surface area contributed by atoms with Crippen molar-refractivity contribution in [3.8, 4) is 0 Å². The molecule has 4 nitrogen and oxygen atoms in total. The highest BCUT2D eigenvalue weighted by Gasteiger charge is 2.13. The van der Waals surface area contributed by atoms with Crippen molar-refractivity contribution in [3.63, 3.8) is 0 Å². The van der Waals surface area contributed by atoms with Crippen molar-refractivity contribution < 1.29 is 4.79 Å². The van der Waals surface area contributed by atoms with Gasteiger partial charge in [-0.15, -0.1) is 11.3 Å². The van der Waals surface area contributed by atoms with E-state index in [9.17, 15) is 4.79 Å². The van der Waals surface area contributed by atoms with E-state index < -0.39 is 0 Å². The predicted molar refractivity (Wildman–Crippen MR) is 77.8 cm³/mol. The number of carbonyl (C=O) groups excluding carboxylic acids is 1. The molecule has 0 aromatic carbocycles. The number of hydrogen-bond donors (Lipinski definition) is 1. The largest absolute Gasteiger partial charge is 0.397 e. The van der Waals surface area contributed by atoms with E-state index in [4.69, 9.17) is 5.73 Å². The molecule has 0 aliphatic heterocycles. The summed E-state index contributed by atoms with van der Waals surface area (Å²) in [7, 11) is 1.71. The van der Waals surface area contributed by atoms with E-state index in [1.807, 2.05) is 12.1 Å². The second kappa shape index (κ2) is 5.49. The Kier molecular flexibility index (Phi) is 3.98. The molecule has 2 aromatic rings. The molecular weight excluding hydrogens is 314 g/mol. The van der Waals surface area contributed by atoms with Gasteiger partial charge < -0.3 is 5.73 Å². The second-order valence-electron chi connectivity index (χ2n) is 3.79. The quantitative estimate of drug-likeness (QED) is 0.943. The lowest BCUT2D eigenvalue weighted by molar-refractivity contribution is -0.117. The molecule has 0 aliphatic rings. The first-order valence-electron chi connectivity index (χ1n) is 5.28. The number of nitrogens with zero attached hydrogens (tertiary/aromatic N) is 2. The van der Waals surface area contributed by atoms with Gasteiger partial charge in [0, 0.05) is 11.9 Å². The number of aromatic nitrogens is 1. The number of nitrogen functional groups attached to an aromatic ring is 1. The Labute approximate surface area is 118 Å². The summed E-state index contributed by atoms with van der Waals surface area (Å²) in [6.07, 6.45) is 1.92. The lowest BCUT2D eigenvalue weighted by Gasteiger charge is -2.15. The molecule has 2 rings (SSSR count). The highest BCUT2D eigenvalue weighted by atomic mass is 79.9. The van der Waals surface area contributed by atoms with Gasteiger partial charge in [0.1, 0.15) is 5.82 Å². The molecule has 2 aromatic heterocycles. The molecule has 0 radical (unpaired) electrons. The maximum Gasteiger partial charge on any atom is 0.233 e. The fourth-order valence-electron chi connectivity index (χ4n) is 1.44. The minimum absolute atomic E-state index is 0.00150. The Morgan fingerprint density at radius 3 is 2.78 bits per heavy atom. The maximum atomic E-state index is 12.1. The molecule has 0 aliphatic carbocycles. The van der Waals surface area contributed by atoms with E-state index in [1.165, 1.54) is 4.90 Å². The smallest absolute Gasteiger partial charge is 0.233 e. The number of thiophene rings is 1. The van der Waals surface area contributed by atoms with E-state index in [1.54, 1.807) is 36.7 Å². The Morgan fingerprint density at radius 2 is 2.22 bits per heavy atom. The van der Waals surface area contributed by atoms with E-state index in [-0.39, 0.29) is 5.91 Å². The third-order valence-corrected chi connectivity index (χ3v) is 4.07. The standard InChI is InChI=1S/C12H12BrN3OS/c1-16(11-5-2-8(14)7-15-11)12(17)6-9-3-4-10(13)18-9/h2-5,7H,6,14H2,1H3. The average molecular weight is 326 g/mol. The number of halogens is 1. The number of pyridine rings is 1. The first kappa shape index (κ1) is 13.0. The highest BCUT2D eigenvalue weighted by molar-refractivity contribution is 9.11. The number of amides is 1. The summed E-state index contributed by atoms with van der Waals surface area (Å²) in [6, 6.07) is 7.34. The van der Waals surface area contributed by atoms with Crippen molar-refractivity contribution in [3.05, 3.63) is 39.1 Å². The molecule has 94 valence electrons. The molecule has 0 bridgehead atoms. The minimum Gasteiger partial charge on any atom is -0.397 e. The van der Waals surface area contributed by atoms with Crippen LogP contribution in [0.3, 0.4) is 0 Å². The number of nitrogens with two attached hydrogens (primary N) is 1. The molecular formula is C12H12BrN3OS. The number of likely N-dealkylation sites (N-methyl/N-ethyl adjacent to an activating group) is 1. The molecule has 18 heavy (non-hydrogen) atoms. The van der Waals surface area contributed by atoms with Crippen LogP contribution in [0.15, 0.2) is 34.2 Å². The van der Waals surface area contributed by atoms with Crippen LogP contribution in [0.2, 0.25) is 0 Å². The molecule has 6 heteroatoms. The Bertz CT molecular complexity index is 553. The topological polar surface area (TPSA) is 59.2 Å². The average Bonchev–Trinajstić information content (AvgIpc) is 2.75. The van der Waals surface area contributed by atoms with Crippen molar-refractivity contribution in [2.75, 3.05) is 17.7 Å². The summed E-state index contributed by atoms with van der Waals surface area (Å²) < 4.78 is 1.03. The molecule has 2 N–H and O–H groups in total. The second-order valence-corrected chi connectivity index (χ2v) is 6.33. The van der Waals surface area contributed by atoms with E-state index in [0.717, 1.165) is 8.66 Å². The van der Waals surface area contributed by atoms with Gasteiger partial charge in [-0.2, -0.15) is 0 Å². The van der Waals surface area contributed by atoms with Crippen LogP contribution in [0.25, 0.3) is 0 Å². The van der Waals surface area contributed by atoms with Crippen molar-refractivity contribution in [1.29, 1.82) is 0 Å². The summed E-state index contributed by atoms with van der Waals surface area (Å²) in [4.78, 5) is 18.7. The summed E-state index contributed by atoms with van der Waals surface area (Å²) >= 11 is 4.94. The van der Waals surface area contributed by atoms with Crippen LogP contribution in [0.4, 0.5) is 11.5 Å². The van der Waals surface area contributed by atoms with Gasteiger partial charge in [-0.3, -0.25) is 9.69 Å². The molecule has 0 spiro atoms. The van der Waals surface area contributed by atoms with Crippen LogP contribution in [0.1, 0.15) is 4.88 Å². The zero-order chi connectivity index (χ0) is 13.1. The summed E-state index contributed by atoms with van der Waals surface area (Å²) in [5, 5.41) is 0. The summed E-state index contributed by atoms with van der Waals surface area (Å²) in [5.41, 5.74) is 6.14. The number of hydrogen-bond acceptors (Lipinski definition) is 4. The first-order chi connectivity index (χ1) is 8.56. The molecule has 0 atom stereocenters. The lowest BCUT2D eigenvalue weighted by atomic mass is 10.3. The summed E-state index contributed by atoms with van der Waals surface area (Å²) in [5.74, 6) is 0.603. The number of anilines is 2. The predicted octanol–water partition coefficient (Wildman–Crippen LogP) is 2.69. The van der Waals surface area contributed by atoms with Gasteiger partial charge in [-0.25, -0.2) is 4.98 Å². The summed E-state index contributed by atoms with van der Waals surface area (Å²) in [6.45, 7) is 0. The monoisotopic (exact) mass is 325 g/mol. The van der Waals surface area contributed by atoms with E-state index in [0.29, 0.717) is 17.9 Å². The highest BCUT2D eigenvalue weighted by Crippen LogP contribution is 2.23. The third kappa shape index (κ3) is 3.08. The SMILES string of the molecule is CN(C(=O)Cc1ccc(Br)s1)c1ccc(N)cn1. The maximum absolute atomic E-state index is 12.1. The zero-order valence-corrected chi connectivity index (χ0v) is 12.2. The zero-order valence-electron chi connectivity index (χ0n) is 9.76. The first-order valence-corrected chi connectivity index (χ1v) is 6.89. The van der Waals surface area contributed by atoms with Crippen molar-refractivity contribution >= 4 is 44.7 Å². The number of carbonyl (C=O) groups is 1. The van der Waals surface area contributed by atoms with Gasteiger partial charge >= 0.3 is 0 Å². The van der Waals surface area contributed by atoms with E-state index >= 15 is 0 Å². The Balaban J connectivity index is 2.07. The normalized spacial score (nSPS) is 10.3. The third-order valence-electron chi connectivity index (χ3n) is 2.44. The minimum atomic E-state index is 0.00150. The van der Waals surface area contributed by atoms with Crippen molar-refractivity contribution in [2.45, 2.75) is 6.42 Å². The molecule has 1 amide bonds. The van der Waals surface area contributed by atoms with Gasteiger partial charge in [-0.05, 0) is 40.2 Å². The fourth-order valence-corrected chi connectivity index (χ4v) is 2.91. The molecule has 0 saturated carbocycles. The fraction of sp³-hybridized carbons (Fsp3) is 0.167. The van der Waals surface area contributed by atoms with Gasteiger partial charge in [0.05, 0.1) is 22.1 Å². The van der Waals surface area contributed by atoms with Crippen LogP contribution in [-0.2, 0) is 11.2 Å². The van der Waals surface area contributed by atoms with Crippen LogP contribution < -0.4 is 10.6 Å². The van der Waals surface area contributed by atoms with Crippen molar-refractivity contribution in [1.82, 2.24) is 4.98 Å². The van der Waals surface area contributed by atoms with Gasteiger partial charge in [0.15, 0.2) is 0 Å². The van der Waals surface area contributed by atoms with Crippen LogP contribution in [-0.4, -0.2) is 17.9 Å². The molecule has 0 saturated heterocycles. The molecule has 0 unspecified atom stereocenters. The van der Waals surface area contributed by atoms with Crippen LogP contribution in [0, 0.1) is 0 Å². The van der Waals surface area contributed by atoms with E-state index in [2.05, 4.69) is 20.9 Å². The molecule has 2 heterocycles. The number of rotatable bonds is 3. The van der Waals surface area contributed by atoms with Gasteiger partial charge in [0.2, 0.25) is 5.91 Å². The Morgan fingerprint density at radius 1 is 1.44 bits per heavy atom. The Hall–Kier alpha value is -1.40. The lowest BCUT2D eigenvalue weighted by Crippen LogP contribution is -2.28. The van der Waals surface area contributed by atoms with Crippen molar-refractivity contribution in [2.24, 2.45) is 0 Å². The van der Waals surface area contributed by atoms with Gasteiger partial charge in [-0.1, -0.05) is 0 Å². The van der Waals surface area contributed by atoms with Gasteiger partial charge in [0.25, 0.3) is 0 Å². The van der Waals surface area contributed by atoms with Crippen LogP contribution in [0.5, 0.6) is 0 Å². The molecule has 0 fully saturated rings.